The molecule has 1 aliphatic rings. The maximum absolute atomic E-state index is 10.6. The Labute approximate surface area is 71.2 Å². The molecule has 0 amide bonds. The van der Waals surface area contributed by atoms with Crippen LogP contribution in [0.2, 0.25) is 0 Å². The third-order valence-corrected chi connectivity index (χ3v) is 2.04. The number of halogens is 1. The first-order valence-electron chi connectivity index (χ1n) is 3.68. The number of alkyl halides is 1. The van der Waals surface area contributed by atoms with Crippen molar-refractivity contribution in [2.75, 3.05) is 0 Å². The van der Waals surface area contributed by atoms with Crippen LogP contribution in [0.5, 0.6) is 0 Å². The van der Waals surface area contributed by atoms with Crippen molar-refractivity contribution in [1.82, 2.24) is 0 Å². The fraction of sp³-hybridized carbons (Fsp3) is 0.625. The molecule has 1 aliphatic carbocycles. The molecule has 0 unspecified atom stereocenters. The summed E-state index contributed by atoms with van der Waals surface area (Å²) in [6.07, 6.45) is 5.54. The Morgan fingerprint density at radius 1 is 1.73 bits per heavy atom. The van der Waals surface area contributed by atoms with Gasteiger partial charge >= 0.3 is 5.97 Å². The number of ether oxygens (including phenoxy) is 1. The molecule has 2 nitrogen and oxygen atoms in total. The van der Waals surface area contributed by atoms with Gasteiger partial charge in [-0.3, -0.25) is 4.79 Å². The second-order valence-corrected chi connectivity index (χ2v) is 3.10. The van der Waals surface area contributed by atoms with Gasteiger partial charge in [-0.25, -0.2) is 0 Å². The first-order chi connectivity index (χ1) is 5.20. The molecule has 0 aromatic rings. The molecular formula is C8H11ClO2. The summed E-state index contributed by atoms with van der Waals surface area (Å²) < 4.78 is 4.98. The highest BCUT2D eigenvalue weighted by Crippen LogP contribution is 2.19. The number of carbonyl (C=O) groups excluding carboxylic acids is 1. The lowest BCUT2D eigenvalue weighted by Gasteiger charge is -2.22. The summed E-state index contributed by atoms with van der Waals surface area (Å²) >= 11 is 5.86. The molecule has 0 radical (unpaired) electrons. The summed E-state index contributed by atoms with van der Waals surface area (Å²) in [7, 11) is 0. The van der Waals surface area contributed by atoms with Crippen LogP contribution >= 0.6 is 11.6 Å². The first kappa shape index (κ1) is 8.60. The van der Waals surface area contributed by atoms with Crippen molar-refractivity contribution in [3.63, 3.8) is 0 Å². The second-order valence-electron chi connectivity index (χ2n) is 2.60. The lowest BCUT2D eigenvalue weighted by atomic mass is 10.0. The van der Waals surface area contributed by atoms with Crippen molar-refractivity contribution < 1.29 is 9.53 Å². The van der Waals surface area contributed by atoms with Crippen molar-refractivity contribution in [2.45, 2.75) is 31.2 Å². The largest absolute Gasteiger partial charge is 0.461 e. The van der Waals surface area contributed by atoms with Crippen molar-refractivity contribution in [2.24, 2.45) is 0 Å². The van der Waals surface area contributed by atoms with E-state index in [1.807, 2.05) is 12.2 Å². The van der Waals surface area contributed by atoms with Gasteiger partial charge in [0.1, 0.15) is 6.10 Å². The molecule has 1 rings (SSSR count). The predicted molar refractivity (Wildman–Crippen MR) is 43.6 cm³/mol. The smallest absolute Gasteiger partial charge is 0.302 e. The topological polar surface area (TPSA) is 26.3 Å². The maximum Gasteiger partial charge on any atom is 0.302 e. The van der Waals surface area contributed by atoms with E-state index < -0.39 is 0 Å². The molecule has 0 heterocycles. The zero-order valence-corrected chi connectivity index (χ0v) is 7.17. The molecule has 2 atom stereocenters. The van der Waals surface area contributed by atoms with Crippen molar-refractivity contribution in [1.29, 1.82) is 0 Å². The Kier molecular flexibility index (Phi) is 2.94. The summed E-state index contributed by atoms with van der Waals surface area (Å²) in [4.78, 5) is 10.6. The normalized spacial score (nSPS) is 30.0. The molecule has 0 saturated carbocycles. The Balaban J connectivity index is 2.45. The third-order valence-electron chi connectivity index (χ3n) is 1.61. The average molecular weight is 175 g/mol. The highest BCUT2D eigenvalue weighted by Gasteiger charge is 2.21. The number of hydrogen-bond acceptors (Lipinski definition) is 2. The van der Waals surface area contributed by atoms with Crippen LogP contribution in [-0.4, -0.2) is 17.5 Å². The number of hydrogen-bond donors (Lipinski definition) is 0. The predicted octanol–water partition coefficient (Wildman–Crippen LogP) is 1.88. The first-order valence-corrected chi connectivity index (χ1v) is 4.12. The van der Waals surface area contributed by atoms with Crippen LogP contribution in [0.3, 0.4) is 0 Å². The molecule has 0 aromatic carbocycles. The molecule has 62 valence electrons. The van der Waals surface area contributed by atoms with E-state index in [0.717, 1.165) is 12.8 Å². The van der Waals surface area contributed by atoms with E-state index in [-0.39, 0.29) is 17.5 Å². The maximum atomic E-state index is 10.6. The van der Waals surface area contributed by atoms with Gasteiger partial charge in [-0.05, 0) is 12.8 Å². The second kappa shape index (κ2) is 3.77. The quantitative estimate of drug-likeness (QED) is 0.345. The molecule has 0 aliphatic heterocycles. The average Bonchev–Trinajstić information content (AvgIpc) is 1.93. The summed E-state index contributed by atoms with van der Waals surface area (Å²) in [6.45, 7) is 1.40. The standard InChI is InChI=1S/C8H11ClO2/c1-6(10)11-8-5-3-2-4-7(8)9/h2,4,7-8H,3,5H2,1H3/t7-,8-/m1/s1. The van der Waals surface area contributed by atoms with Crippen LogP contribution in [0.4, 0.5) is 0 Å². The van der Waals surface area contributed by atoms with Gasteiger partial charge < -0.3 is 4.74 Å². The lowest BCUT2D eigenvalue weighted by molar-refractivity contribution is -0.146. The molecule has 0 fully saturated rings. The summed E-state index contributed by atoms with van der Waals surface area (Å²) in [5.41, 5.74) is 0. The zero-order valence-electron chi connectivity index (χ0n) is 6.42. The van der Waals surface area contributed by atoms with E-state index >= 15 is 0 Å². The molecule has 0 aromatic heterocycles. The van der Waals surface area contributed by atoms with Gasteiger partial charge in [0.05, 0.1) is 5.38 Å². The number of allylic oxidation sites excluding steroid dienone is 1. The van der Waals surface area contributed by atoms with Gasteiger partial charge in [-0.15, -0.1) is 11.6 Å². The van der Waals surface area contributed by atoms with E-state index in [0.29, 0.717) is 0 Å². The summed E-state index contributed by atoms with van der Waals surface area (Å²) in [5, 5.41) is -0.146. The third kappa shape index (κ3) is 2.54. The minimum atomic E-state index is -0.254. The number of rotatable bonds is 1. The molecule has 0 N–H and O–H groups in total. The van der Waals surface area contributed by atoms with E-state index in [9.17, 15) is 4.79 Å². The van der Waals surface area contributed by atoms with Gasteiger partial charge in [0.2, 0.25) is 0 Å². The summed E-state index contributed by atoms with van der Waals surface area (Å²) in [6, 6.07) is 0. The molecule has 11 heavy (non-hydrogen) atoms. The Bertz CT molecular complexity index is 177. The van der Waals surface area contributed by atoms with Crippen LogP contribution in [-0.2, 0) is 9.53 Å². The van der Waals surface area contributed by atoms with Crippen LogP contribution in [0.1, 0.15) is 19.8 Å². The van der Waals surface area contributed by atoms with E-state index in [2.05, 4.69) is 0 Å². The highest BCUT2D eigenvalue weighted by atomic mass is 35.5. The minimum absolute atomic E-state index is 0.126. The molecular weight excluding hydrogens is 164 g/mol. The van der Waals surface area contributed by atoms with Gasteiger partial charge in [-0.2, -0.15) is 0 Å². The van der Waals surface area contributed by atoms with Crippen LogP contribution in [0.25, 0.3) is 0 Å². The van der Waals surface area contributed by atoms with Gasteiger partial charge in [-0.1, -0.05) is 12.2 Å². The van der Waals surface area contributed by atoms with Crippen LogP contribution in [0, 0.1) is 0 Å². The van der Waals surface area contributed by atoms with Crippen molar-refractivity contribution in [3.05, 3.63) is 12.2 Å². The summed E-state index contributed by atoms with van der Waals surface area (Å²) in [5.74, 6) is -0.254. The fourth-order valence-electron chi connectivity index (χ4n) is 1.11. The van der Waals surface area contributed by atoms with E-state index in [1.54, 1.807) is 0 Å². The van der Waals surface area contributed by atoms with E-state index in [1.165, 1.54) is 6.92 Å². The Hall–Kier alpha value is -0.500. The van der Waals surface area contributed by atoms with E-state index in [4.69, 9.17) is 16.3 Å². The number of esters is 1. The highest BCUT2D eigenvalue weighted by molar-refractivity contribution is 6.22. The lowest BCUT2D eigenvalue weighted by Crippen LogP contribution is -2.27. The molecule has 0 spiro atoms. The fourth-order valence-corrected chi connectivity index (χ4v) is 1.39. The number of carbonyl (C=O) groups is 1. The SMILES string of the molecule is CC(=O)O[C@@H]1CCC=C[C@H]1Cl. The minimum Gasteiger partial charge on any atom is -0.461 e. The molecule has 0 bridgehead atoms. The van der Waals surface area contributed by atoms with Crippen LogP contribution < -0.4 is 0 Å². The Morgan fingerprint density at radius 3 is 3.00 bits per heavy atom. The monoisotopic (exact) mass is 174 g/mol. The van der Waals surface area contributed by atoms with Gasteiger partial charge in [0, 0.05) is 6.92 Å². The van der Waals surface area contributed by atoms with Crippen molar-refractivity contribution >= 4 is 17.6 Å². The Morgan fingerprint density at radius 2 is 2.45 bits per heavy atom. The molecule has 0 saturated heterocycles. The van der Waals surface area contributed by atoms with Gasteiger partial charge in [0.15, 0.2) is 0 Å². The van der Waals surface area contributed by atoms with Crippen LogP contribution in [0.15, 0.2) is 12.2 Å². The zero-order chi connectivity index (χ0) is 8.27. The van der Waals surface area contributed by atoms with Gasteiger partial charge in [0.25, 0.3) is 0 Å². The molecule has 3 heteroatoms. The van der Waals surface area contributed by atoms with Crippen molar-refractivity contribution in [3.8, 4) is 0 Å².